The summed E-state index contributed by atoms with van der Waals surface area (Å²) in [6.07, 6.45) is 7.81. The predicted molar refractivity (Wildman–Crippen MR) is 184 cm³/mol. The number of phenolic OH excluding ortho intramolecular Hbond substituents is 1. The zero-order valence-corrected chi connectivity index (χ0v) is 28.2. The van der Waals surface area contributed by atoms with Gasteiger partial charge in [-0.1, -0.05) is 87.1 Å². The summed E-state index contributed by atoms with van der Waals surface area (Å²) in [6, 6.07) is 14.6. The van der Waals surface area contributed by atoms with Crippen molar-refractivity contribution >= 4 is 12.2 Å². The van der Waals surface area contributed by atoms with Gasteiger partial charge in [-0.05, 0) is 76.6 Å². The van der Waals surface area contributed by atoms with Gasteiger partial charge in [0, 0.05) is 11.1 Å². The van der Waals surface area contributed by atoms with Crippen LogP contribution in [0.1, 0.15) is 104 Å². The smallest absolute Gasteiger partial charge is 0.209 e. The Morgan fingerprint density at radius 3 is 2.20 bits per heavy atom. The van der Waals surface area contributed by atoms with E-state index >= 15 is 0 Å². The van der Waals surface area contributed by atoms with Gasteiger partial charge in [0.1, 0.15) is 12.4 Å². The van der Waals surface area contributed by atoms with Crippen molar-refractivity contribution in [3.8, 4) is 17.2 Å². The van der Waals surface area contributed by atoms with Gasteiger partial charge >= 0.3 is 0 Å². The zero-order valence-electron chi connectivity index (χ0n) is 28.2. The van der Waals surface area contributed by atoms with Gasteiger partial charge in [-0.2, -0.15) is 0 Å². The molecule has 0 aromatic heterocycles. The molecule has 3 N–H and O–H groups in total. The van der Waals surface area contributed by atoms with Crippen molar-refractivity contribution in [2.24, 2.45) is 9.98 Å². The van der Waals surface area contributed by atoms with Crippen molar-refractivity contribution in [3.05, 3.63) is 87.0 Å². The summed E-state index contributed by atoms with van der Waals surface area (Å²) in [5.41, 5.74) is 6.42. The fraction of sp³-hybridized carbons (Fsp3) is 0.474. The van der Waals surface area contributed by atoms with Crippen LogP contribution in [0.15, 0.2) is 52.4 Å². The van der Waals surface area contributed by atoms with Crippen LogP contribution < -0.4 is 14.8 Å². The fourth-order valence-corrected chi connectivity index (χ4v) is 5.93. The van der Waals surface area contributed by atoms with E-state index in [1.54, 1.807) is 13.3 Å². The molecule has 1 heterocycles. The highest BCUT2D eigenvalue weighted by Gasteiger charge is 2.42. The van der Waals surface area contributed by atoms with Crippen molar-refractivity contribution in [2.45, 2.75) is 105 Å². The number of hydrogen-bond acceptors (Lipinski definition) is 7. The number of aryl methyl sites for hydroxylation is 5. The maximum atomic E-state index is 12.2. The van der Waals surface area contributed by atoms with Crippen LogP contribution in [-0.4, -0.2) is 41.7 Å². The van der Waals surface area contributed by atoms with Gasteiger partial charge in [0.25, 0.3) is 0 Å². The zero-order chi connectivity index (χ0) is 32.6. The molecule has 0 amide bonds. The number of aliphatic hydroxyl groups is 1. The third-order valence-corrected chi connectivity index (χ3v) is 8.30. The molecule has 2 atom stereocenters. The van der Waals surface area contributed by atoms with Crippen LogP contribution in [0.2, 0.25) is 0 Å². The average molecular weight is 614 g/mol. The highest BCUT2D eigenvalue weighted by atomic mass is 16.5. The van der Waals surface area contributed by atoms with Gasteiger partial charge in [0.05, 0.1) is 24.6 Å². The van der Waals surface area contributed by atoms with Crippen LogP contribution in [0.25, 0.3) is 0 Å². The number of aliphatic hydroxyl groups excluding tert-OH is 1. The maximum Gasteiger partial charge on any atom is 0.209 e. The molecular formula is C38H51N3O4. The van der Waals surface area contributed by atoms with Crippen molar-refractivity contribution < 1.29 is 19.7 Å². The van der Waals surface area contributed by atoms with Crippen LogP contribution in [0.5, 0.6) is 17.2 Å². The van der Waals surface area contributed by atoms with Gasteiger partial charge in [-0.15, -0.1) is 0 Å². The molecule has 0 radical (unpaired) electrons. The Bertz CT molecular complexity index is 1530. The molecule has 7 nitrogen and oxygen atoms in total. The molecule has 0 bridgehead atoms. The van der Waals surface area contributed by atoms with Crippen molar-refractivity contribution in [2.75, 3.05) is 13.2 Å². The lowest BCUT2D eigenvalue weighted by Crippen LogP contribution is -2.37. The number of rotatable bonds is 15. The first-order chi connectivity index (χ1) is 21.6. The first kappa shape index (κ1) is 34.0. The van der Waals surface area contributed by atoms with Crippen LogP contribution in [0.4, 0.5) is 0 Å². The Morgan fingerprint density at radius 2 is 1.53 bits per heavy atom. The molecule has 1 aliphatic heterocycles. The predicted octanol–water partition coefficient (Wildman–Crippen LogP) is 7.97. The Balaban J connectivity index is 2.03. The Kier molecular flexibility index (Phi) is 11.7. The molecular weight excluding hydrogens is 562 g/mol. The second-order valence-electron chi connectivity index (χ2n) is 12.4. The third kappa shape index (κ3) is 7.88. The van der Waals surface area contributed by atoms with Gasteiger partial charge in [0.15, 0.2) is 11.5 Å². The van der Waals surface area contributed by atoms with Crippen LogP contribution in [-0.2, 0) is 12.1 Å². The van der Waals surface area contributed by atoms with E-state index in [2.05, 4.69) is 83.3 Å². The lowest BCUT2D eigenvalue weighted by atomic mass is 9.85. The molecule has 45 heavy (non-hydrogen) atoms. The molecule has 3 aromatic rings. The standard InChI is InChI=1S/C38H51N3O4/c1-8-10-12-13-14-30-22-33(34(43)36(44-19-11-9-2)35(30)45-23-29(7)42)38(32-18-16-26(4)21-28(32)6)40-24-39-37(41-38)31-17-15-25(3)20-27(31)5/h15-18,20-22,24,29,42-43H,8-14,19,23H2,1-7H3,(H,39,40,41). The largest absolute Gasteiger partial charge is 0.504 e. The van der Waals surface area contributed by atoms with Gasteiger partial charge < -0.3 is 25.0 Å². The van der Waals surface area contributed by atoms with Gasteiger partial charge in [0.2, 0.25) is 11.4 Å². The van der Waals surface area contributed by atoms with E-state index < -0.39 is 11.8 Å². The molecule has 7 heteroatoms. The van der Waals surface area contributed by atoms with Crippen molar-refractivity contribution in [1.82, 2.24) is 5.32 Å². The van der Waals surface area contributed by atoms with E-state index in [-0.39, 0.29) is 18.1 Å². The Hall–Kier alpha value is -3.84. The number of benzene rings is 3. The summed E-state index contributed by atoms with van der Waals surface area (Å²) < 4.78 is 12.6. The number of ether oxygens (including phenoxy) is 2. The molecule has 1 aliphatic rings. The molecule has 0 fully saturated rings. The summed E-state index contributed by atoms with van der Waals surface area (Å²) >= 11 is 0. The lowest BCUT2D eigenvalue weighted by Gasteiger charge is -2.34. The molecule has 242 valence electrons. The quantitative estimate of drug-likeness (QED) is 0.151. The molecule has 2 unspecified atom stereocenters. The lowest BCUT2D eigenvalue weighted by molar-refractivity contribution is 0.118. The summed E-state index contributed by atoms with van der Waals surface area (Å²) in [5.74, 6) is 1.39. The normalized spacial score (nSPS) is 16.7. The number of unbranched alkanes of at least 4 members (excludes halogenated alkanes) is 4. The monoisotopic (exact) mass is 613 g/mol. The number of nitrogens with zero attached hydrogens (tertiary/aromatic N) is 2. The van der Waals surface area contributed by atoms with Crippen LogP contribution >= 0.6 is 0 Å². The highest BCUT2D eigenvalue weighted by molar-refractivity contribution is 6.07. The number of aromatic hydroxyl groups is 1. The minimum atomic E-state index is -1.29. The molecule has 0 saturated heterocycles. The number of nitrogens with one attached hydrogen (secondary N) is 1. The van der Waals surface area contributed by atoms with Crippen molar-refractivity contribution in [3.63, 3.8) is 0 Å². The van der Waals surface area contributed by atoms with Crippen LogP contribution in [0.3, 0.4) is 0 Å². The third-order valence-electron chi connectivity index (χ3n) is 8.30. The van der Waals surface area contributed by atoms with E-state index in [9.17, 15) is 10.2 Å². The summed E-state index contributed by atoms with van der Waals surface area (Å²) in [4.78, 5) is 10.4. The Morgan fingerprint density at radius 1 is 0.822 bits per heavy atom. The molecule has 4 rings (SSSR count). The number of hydrogen-bond donors (Lipinski definition) is 3. The van der Waals surface area contributed by atoms with Gasteiger partial charge in [-0.3, -0.25) is 0 Å². The van der Waals surface area contributed by atoms with E-state index in [0.717, 1.165) is 78.3 Å². The molecule has 3 aromatic carbocycles. The van der Waals surface area contributed by atoms with E-state index in [1.807, 2.05) is 6.07 Å². The van der Waals surface area contributed by atoms with Crippen LogP contribution in [0, 0.1) is 27.7 Å². The summed E-state index contributed by atoms with van der Waals surface area (Å²) in [6.45, 7) is 14.8. The van der Waals surface area contributed by atoms with Crippen molar-refractivity contribution in [1.29, 1.82) is 0 Å². The highest BCUT2D eigenvalue weighted by Crippen LogP contribution is 2.51. The first-order valence-corrected chi connectivity index (χ1v) is 16.5. The first-order valence-electron chi connectivity index (χ1n) is 16.5. The minimum absolute atomic E-state index is 0.0493. The van der Waals surface area contributed by atoms with E-state index in [4.69, 9.17) is 19.5 Å². The summed E-state index contributed by atoms with van der Waals surface area (Å²) in [5, 5.41) is 25.6. The summed E-state index contributed by atoms with van der Waals surface area (Å²) in [7, 11) is 0. The molecule has 0 saturated carbocycles. The number of phenols is 1. The average Bonchev–Trinajstić information content (AvgIpc) is 2.99. The fourth-order valence-electron chi connectivity index (χ4n) is 5.93. The maximum absolute atomic E-state index is 12.2. The van der Waals surface area contributed by atoms with E-state index in [1.165, 1.54) is 5.56 Å². The van der Waals surface area contributed by atoms with E-state index in [0.29, 0.717) is 23.8 Å². The topological polar surface area (TPSA) is 95.7 Å². The van der Waals surface area contributed by atoms with Gasteiger partial charge in [-0.25, -0.2) is 9.98 Å². The SMILES string of the molecule is CCCCCCc1cc(C2(c3ccc(C)cc3C)N=CNC(c3ccc(C)cc3C)=N2)c(O)c(OCCCC)c1OCC(C)O. The Labute approximate surface area is 269 Å². The minimum Gasteiger partial charge on any atom is -0.504 e. The number of aliphatic imine (C=N–C) groups is 2. The molecule has 0 spiro atoms. The second kappa shape index (κ2) is 15.4. The molecule has 0 aliphatic carbocycles. The number of amidine groups is 1. The second-order valence-corrected chi connectivity index (χ2v) is 12.4.